The molecule has 1 heterocycles. The second kappa shape index (κ2) is 6.86. The summed E-state index contributed by atoms with van der Waals surface area (Å²) in [5, 5.41) is 0.706. The molecule has 20 heavy (non-hydrogen) atoms. The van der Waals surface area contributed by atoms with Crippen LogP contribution in [-0.4, -0.2) is 29.6 Å². The van der Waals surface area contributed by atoms with E-state index in [4.69, 9.17) is 5.73 Å². The van der Waals surface area contributed by atoms with Gasteiger partial charge in [-0.25, -0.2) is 0 Å². The van der Waals surface area contributed by atoms with Crippen LogP contribution in [0.2, 0.25) is 0 Å². The zero-order chi connectivity index (χ0) is 14.7. The Morgan fingerprint density at radius 2 is 2.15 bits per heavy atom. The van der Waals surface area contributed by atoms with E-state index in [0.29, 0.717) is 11.3 Å². The predicted octanol–water partition coefficient (Wildman–Crippen LogP) is 3.61. The van der Waals surface area contributed by atoms with Crippen molar-refractivity contribution in [2.75, 3.05) is 17.2 Å². The lowest BCUT2D eigenvalue weighted by molar-refractivity contribution is 0.626. The molecule has 1 aliphatic heterocycles. The first-order chi connectivity index (χ1) is 9.52. The average molecular weight is 292 g/mol. The van der Waals surface area contributed by atoms with Crippen molar-refractivity contribution in [2.45, 2.75) is 57.9 Å². The highest BCUT2D eigenvalue weighted by atomic mass is 32.2. The first-order valence-electron chi connectivity index (χ1n) is 7.76. The van der Waals surface area contributed by atoms with Crippen molar-refractivity contribution in [3.05, 3.63) is 29.3 Å². The molecule has 2 rings (SSSR count). The fourth-order valence-corrected chi connectivity index (χ4v) is 3.91. The van der Waals surface area contributed by atoms with E-state index in [9.17, 15) is 0 Å². The minimum absolute atomic E-state index is 0.282. The van der Waals surface area contributed by atoms with Gasteiger partial charge in [0, 0.05) is 35.3 Å². The molecule has 0 saturated carbocycles. The summed E-state index contributed by atoms with van der Waals surface area (Å²) < 4.78 is 0. The second-order valence-corrected chi connectivity index (χ2v) is 7.48. The number of hydrogen-bond donors (Lipinski definition) is 1. The average Bonchev–Trinajstić information content (AvgIpc) is 2.44. The Kier molecular flexibility index (Phi) is 5.39. The van der Waals surface area contributed by atoms with Crippen molar-refractivity contribution in [2.24, 2.45) is 5.73 Å². The van der Waals surface area contributed by atoms with Gasteiger partial charge in [0.2, 0.25) is 0 Å². The van der Waals surface area contributed by atoms with Crippen LogP contribution >= 0.6 is 11.8 Å². The van der Waals surface area contributed by atoms with E-state index < -0.39 is 0 Å². The quantitative estimate of drug-likeness (QED) is 0.919. The topological polar surface area (TPSA) is 29.3 Å². The van der Waals surface area contributed by atoms with Gasteiger partial charge in [0.1, 0.15) is 0 Å². The molecule has 3 atom stereocenters. The summed E-state index contributed by atoms with van der Waals surface area (Å²) in [5.74, 6) is 1.23. The Morgan fingerprint density at radius 1 is 1.40 bits per heavy atom. The van der Waals surface area contributed by atoms with E-state index in [1.807, 2.05) is 0 Å². The molecule has 1 aliphatic rings. The minimum Gasteiger partial charge on any atom is -0.367 e. The standard InChI is InChI=1S/C17H28N2S/c1-5-16(18)11-15-6-7-17(10-12(15)2)19-8-9-20-14(4)13(19)3/h6-7,10,13-14,16H,5,8-9,11,18H2,1-4H3. The van der Waals surface area contributed by atoms with Gasteiger partial charge in [0.05, 0.1) is 0 Å². The van der Waals surface area contributed by atoms with Gasteiger partial charge >= 0.3 is 0 Å². The summed E-state index contributed by atoms with van der Waals surface area (Å²) in [4.78, 5) is 2.55. The molecule has 1 saturated heterocycles. The Labute approximate surface area is 128 Å². The van der Waals surface area contributed by atoms with E-state index >= 15 is 0 Å². The van der Waals surface area contributed by atoms with Crippen LogP contribution in [0.4, 0.5) is 5.69 Å². The number of rotatable bonds is 4. The Morgan fingerprint density at radius 3 is 2.80 bits per heavy atom. The predicted molar refractivity (Wildman–Crippen MR) is 91.9 cm³/mol. The Hall–Kier alpha value is -0.670. The highest BCUT2D eigenvalue weighted by Crippen LogP contribution is 2.30. The summed E-state index contributed by atoms with van der Waals surface area (Å²) in [6, 6.07) is 7.79. The van der Waals surface area contributed by atoms with Crippen LogP contribution in [0.25, 0.3) is 0 Å². The lowest BCUT2D eigenvalue weighted by Gasteiger charge is -2.39. The number of hydrogen-bond acceptors (Lipinski definition) is 3. The third kappa shape index (κ3) is 3.50. The van der Waals surface area contributed by atoms with Gasteiger partial charge in [-0.1, -0.05) is 19.9 Å². The lowest BCUT2D eigenvalue weighted by atomic mass is 9.99. The van der Waals surface area contributed by atoms with E-state index in [1.54, 1.807) is 0 Å². The molecule has 0 aliphatic carbocycles. The van der Waals surface area contributed by atoms with Crippen molar-refractivity contribution in [3.8, 4) is 0 Å². The zero-order valence-electron chi connectivity index (χ0n) is 13.2. The van der Waals surface area contributed by atoms with Gasteiger partial charge in [-0.3, -0.25) is 0 Å². The van der Waals surface area contributed by atoms with Gasteiger partial charge in [-0.15, -0.1) is 0 Å². The molecule has 1 fully saturated rings. The summed E-state index contributed by atoms with van der Waals surface area (Å²) in [7, 11) is 0. The van der Waals surface area contributed by atoms with Crippen LogP contribution in [0.15, 0.2) is 18.2 Å². The van der Waals surface area contributed by atoms with Crippen LogP contribution in [0.1, 0.15) is 38.3 Å². The molecule has 112 valence electrons. The van der Waals surface area contributed by atoms with Crippen LogP contribution in [0.5, 0.6) is 0 Å². The molecule has 0 aromatic heterocycles. The maximum atomic E-state index is 6.08. The van der Waals surface area contributed by atoms with E-state index in [2.05, 4.69) is 62.6 Å². The Balaban J connectivity index is 2.16. The monoisotopic (exact) mass is 292 g/mol. The van der Waals surface area contributed by atoms with E-state index in [1.165, 1.54) is 22.6 Å². The molecule has 0 radical (unpaired) electrons. The fraction of sp³-hybridized carbons (Fsp3) is 0.647. The smallest absolute Gasteiger partial charge is 0.0378 e. The first kappa shape index (κ1) is 15.7. The number of anilines is 1. The van der Waals surface area contributed by atoms with E-state index in [0.717, 1.165) is 19.4 Å². The van der Waals surface area contributed by atoms with Crippen LogP contribution < -0.4 is 10.6 Å². The SMILES string of the molecule is CCC(N)Cc1ccc(N2CCSC(C)C2C)cc1C. The fourth-order valence-electron chi connectivity index (χ4n) is 2.81. The Bertz CT molecular complexity index is 447. The molecule has 0 bridgehead atoms. The number of nitrogens with zero attached hydrogens (tertiary/aromatic N) is 1. The molecule has 3 unspecified atom stereocenters. The summed E-state index contributed by atoms with van der Waals surface area (Å²) in [6.45, 7) is 10.2. The summed E-state index contributed by atoms with van der Waals surface area (Å²) in [6.07, 6.45) is 2.03. The van der Waals surface area contributed by atoms with Crippen molar-refractivity contribution < 1.29 is 0 Å². The lowest BCUT2D eigenvalue weighted by Crippen LogP contribution is -2.44. The van der Waals surface area contributed by atoms with Crippen molar-refractivity contribution >= 4 is 17.4 Å². The van der Waals surface area contributed by atoms with Crippen LogP contribution in [0, 0.1) is 6.92 Å². The first-order valence-corrected chi connectivity index (χ1v) is 8.81. The molecule has 3 heteroatoms. The summed E-state index contributed by atoms with van der Waals surface area (Å²) in [5.41, 5.74) is 10.2. The van der Waals surface area contributed by atoms with Crippen LogP contribution in [0.3, 0.4) is 0 Å². The van der Waals surface area contributed by atoms with Crippen LogP contribution in [-0.2, 0) is 6.42 Å². The largest absolute Gasteiger partial charge is 0.367 e. The molecular formula is C17H28N2S. The van der Waals surface area contributed by atoms with E-state index in [-0.39, 0.29) is 6.04 Å². The van der Waals surface area contributed by atoms with Crippen molar-refractivity contribution in [1.29, 1.82) is 0 Å². The van der Waals surface area contributed by atoms with Gasteiger partial charge < -0.3 is 10.6 Å². The summed E-state index contributed by atoms with van der Waals surface area (Å²) >= 11 is 2.09. The zero-order valence-corrected chi connectivity index (χ0v) is 14.0. The van der Waals surface area contributed by atoms with Gasteiger partial charge in [0.15, 0.2) is 0 Å². The molecule has 2 N–H and O–H groups in total. The highest BCUT2D eigenvalue weighted by Gasteiger charge is 2.25. The third-order valence-electron chi connectivity index (χ3n) is 4.55. The number of aryl methyl sites for hydroxylation is 1. The van der Waals surface area contributed by atoms with Gasteiger partial charge in [0.25, 0.3) is 0 Å². The number of benzene rings is 1. The molecule has 1 aromatic carbocycles. The van der Waals surface area contributed by atoms with Crippen molar-refractivity contribution in [3.63, 3.8) is 0 Å². The maximum absolute atomic E-state index is 6.08. The third-order valence-corrected chi connectivity index (χ3v) is 5.89. The second-order valence-electron chi connectivity index (χ2n) is 5.99. The molecule has 2 nitrogen and oxygen atoms in total. The molecule has 1 aromatic rings. The van der Waals surface area contributed by atoms with Gasteiger partial charge in [-0.05, 0) is 49.9 Å². The molecule has 0 spiro atoms. The normalized spacial score (nSPS) is 24.8. The maximum Gasteiger partial charge on any atom is 0.0378 e. The molecule has 0 amide bonds. The minimum atomic E-state index is 0.282. The molecular weight excluding hydrogens is 264 g/mol. The number of thioether (sulfide) groups is 1. The highest BCUT2D eigenvalue weighted by molar-refractivity contribution is 8.00. The van der Waals surface area contributed by atoms with Gasteiger partial charge in [-0.2, -0.15) is 11.8 Å². The van der Waals surface area contributed by atoms with Crippen molar-refractivity contribution in [1.82, 2.24) is 0 Å². The number of nitrogens with two attached hydrogens (primary N) is 1.